The molecular weight excluding hydrogens is 437 g/mol. The number of halogens is 3. The summed E-state index contributed by atoms with van der Waals surface area (Å²) in [5, 5.41) is 13.6. The van der Waals surface area contributed by atoms with Gasteiger partial charge in [0.2, 0.25) is 0 Å². The maximum atomic E-state index is 13.4. The molecule has 2 fully saturated rings. The Kier molecular flexibility index (Phi) is 6.49. The summed E-state index contributed by atoms with van der Waals surface area (Å²) >= 11 is 0. The van der Waals surface area contributed by atoms with Gasteiger partial charge in [-0.05, 0) is 36.8 Å². The van der Waals surface area contributed by atoms with Gasteiger partial charge in [-0.1, -0.05) is 12.1 Å². The highest BCUT2D eigenvalue weighted by molar-refractivity contribution is 5.89. The third-order valence-electron chi connectivity index (χ3n) is 6.27. The summed E-state index contributed by atoms with van der Waals surface area (Å²) in [6, 6.07) is 8.72. The Morgan fingerprint density at radius 3 is 2.52 bits per heavy atom. The van der Waals surface area contributed by atoms with Crippen LogP contribution in [-0.2, 0) is 16.5 Å². The van der Waals surface area contributed by atoms with E-state index in [-0.39, 0.29) is 37.5 Å². The molecule has 1 atom stereocenters. The molecule has 2 aliphatic heterocycles. The topological polar surface area (TPSA) is 77.9 Å². The quantitative estimate of drug-likeness (QED) is 0.722. The summed E-state index contributed by atoms with van der Waals surface area (Å²) in [5.74, 6) is -0.112. The van der Waals surface area contributed by atoms with Crippen molar-refractivity contribution in [3.63, 3.8) is 0 Å². The molecule has 2 aromatic rings. The van der Waals surface area contributed by atoms with Crippen LogP contribution in [0.3, 0.4) is 0 Å². The number of hydrogen-bond acceptors (Lipinski definition) is 5. The number of carbonyl (C=O) groups excluding carboxylic acids is 1. The monoisotopic (exact) mass is 464 g/mol. The second kappa shape index (κ2) is 9.18. The molecule has 0 saturated carbocycles. The van der Waals surface area contributed by atoms with Crippen LogP contribution in [0, 0.1) is 0 Å². The zero-order valence-electron chi connectivity index (χ0n) is 18.3. The molecule has 4 rings (SSSR count). The first-order chi connectivity index (χ1) is 15.7. The molecule has 7 nitrogen and oxygen atoms in total. The van der Waals surface area contributed by atoms with Crippen LogP contribution in [0.5, 0.6) is 0 Å². The first kappa shape index (κ1) is 23.3. The zero-order chi connectivity index (χ0) is 23.6. The van der Waals surface area contributed by atoms with E-state index < -0.39 is 17.3 Å². The summed E-state index contributed by atoms with van der Waals surface area (Å²) in [4.78, 5) is 20.0. The number of aliphatic hydroxyl groups is 1. The summed E-state index contributed by atoms with van der Waals surface area (Å²) in [7, 11) is 0. The van der Waals surface area contributed by atoms with E-state index in [1.807, 2.05) is 0 Å². The highest BCUT2D eigenvalue weighted by atomic mass is 19.4. The van der Waals surface area contributed by atoms with Gasteiger partial charge in [-0.15, -0.1) is 0 Å². The van der Waals surface area contributed by atoms with E-state index in [4.69, 9.17) is 4.74 Å². The molecule has 10 heteroatoms. The van der Waals surface area contributed by atoms with E-state index in [1.54, 1.807) is 41.0 Å². The summed E-state index contributed by atoms with van der Waals surface area (Å²) in [5.41, 5.74) is -0.340. The SMILES string of the molecule is CC1CN(c2ncccc2C(F)(F)F)CCN1C(=O)Nc1ccc(C2(O)CCOCC2)cc1. The van der Waals surface area contributed by atoms with Crippen molar-refractivity contribution in [2.24, 2.45) is 0 Å². The minimum absolute atomic E-state index is 0.112. The lowest BCUT2D eigenvalue weighted by Gasteiger charge is -2.40. The molecule has 1 aromatic carbocycles. The van der Waals surface area contributed by atoms with E-state index in [0.29, 0.717) is 31.7 Å². The maximum absolute atomic E-state index is 13.4. The smallest absolute Gasteiger partial charge is 0.385 e. The van der Waals surface area contributed by atoms with Crippen LogP contribution in [0.25, 0.3) is 0 Å². The van der Waals surface area contributed by atoms with Gasteiger partial charge in [0.1, 0.15) is 5.82 Å². The molecule has 2 aliphatic rings. The van der Waals surface area contributed by atoms with Gasteiger partial charge < -0.3 is 25.0 Å². The molecule has 178 valence electrons. The number of amides is 2. The minimum Gasteiger partial charge on any atom is -0.385 e. The van der Waals surface area contributed by atoms with Gasteiger partial charge in [-0.2, -0.15) is 13.2 Å². The average Bonchev–Trinajstić information content (AvgIpc) is 2.79. The van der Waals surface area contributed by atoms with Crippen LogP contribution in [0.15, 0.2) is 42.6 Å². The van der Waals surface area contributed by atoms with Gasteiger partial charge in [0.05, 0.1) is 11.2 Å². The molecule has 33 heavy (non-hydrogen) atoms. The fourth-order valence-electron chi connectivity index (χ4n) is 4.38. The number of carbonyl (C=O) groups is 1. The number of urea groups is 1. The van der Waals surface area contributed by atoms with Crippen LogP contribution < -0.4 is 10.2 Å². The first-order valence-electron chi connectivity index (χ1n) is 10.9. The number of alkyl halides is 3. The van der Waals surface area contributed by atoms with Gasteiger partial charge in [-0.25, -0.2) is 9.78 Å². The number of benzene rings is 1. The second-order valence-corrected chi connectivity index (χ2v) is 8.51. The lowest BCUT2D eigenvalue weighted by molar-refractivity contribution is -0.137. The van der Waals surface area contributed by atoms with E-state index >= 15 is 0 Å². The van der Waals surface area contributed by atoms with Crippen molar-refractivity contribution in [2.75, 3.05) is 43.1 Å². The molecule has 2 amide bonds. The summed E-state index contributed by atoms with van der Waals surface area (Å²) in [6.45, 7) is 3.54. The molecule has 1 unspecified atom stereocenters. The third kappa shape index (κ3) is 5.06. The standard InChI is InChI=1S/C23H27F3N4O3/c1-16-15-29(20-19(23(24,25)26)3-2-10-27-20)11-12-30(16)21(31)28-18-6-4-17(5-7-18)22(32)8-13-33-14-9-22/h2-7,10,16,32H,8-9,11-15H2,1H3,(H,28,31). The van der Waals surface area contributed by atoms with Crippen molar-refractivity contribution in [3.05, 3.63) is 53.7 Å². The van der Waals surface area contributed by atoms with Crippen molar-refractivity contribution in [1.82, 2.24) is 9.88 Å². The largest absolute Gasteiger partial charge is 0.419 e. The number of anilines is 2. The number of aromatic nitrogens is 1. The third-order valence-corrected chi connectivity index (χ3v) is 6.27. The predicted molar refractivity (Wildman–Crippen MR) is 117 cm³/mol. The van der Waals surface area contributed by atoms with E-state index in [2.05, 4.69) is 10.3 Å². The first-order valence-corrected chi connectivity index (χ1v) is 10.9. The number of ether oxygens (including phenoxy) is 1. The molecular formula is C23H27F3N4O3. The lowest BCUT2D eigenvalue weighted by atomic mass is 9.86. The molecule has 2 N–H and O–H groups in total. The Labute approximate surface area is 190 Å². The van der Waals surface area contributed by atoms with E-state index in [9.17, 15) is 23.1 Å². The van der Waals surface area contributed by atoms with Crippen LogP contribution in [0.1, 0.15) is 30.9 Å². The highest BCUT2D eigenvalue weighted by Gasteiger charge is 2.38. The number of rotatable bonds is 3. The lowest BCUT2D eigenvalue weighted by Crippen LogP contribution is -2.55. The molecule has 0 bridgehead atoms. The van der Waals surface area contributed by atoms with Gasteiger partial charge in [-0.3, -0.25) is 0 Å². The van der Waals surface area contributed by atoms with Crippen LogP contribution in [0.2, 0.25) is 0 Å². The summed E-state index contributed by atoms with van der Waals surface area (Å²) in [6.07, 6.45) is -2.11. The molecule has 3 heterocycles. The Morgan fingerprint density at radius 1 is 1.18 bits per heavy atom. The normalized spacial score (nSPS) is 21.1. The fourth-order valence-corrected chi connectivity index (χ4v) is 4.38. The Morgan fingerprint density at radius 2 is 1.88 bits per heavy atom. The number of nitrogens with one attached hydrogen (secondary N) is 1. The number of piperazine rings is 1. The van der Waals surface area contributed by atoms with Crippen LogP contribution in [0.4, 0.5) is 29.5 Å². The van der Waals surface area contributed by atoms with Gasteiger partial charge >= 0.3 is 12.2 Å². The molecule has 1 aromatic heterocycles. The Hall–Kier alpha value is -2.85. The van der Waals surface area contributed by atoms with Crippen LogP contribution in [-0.4, -0.2) is 59.9 Å². The predicted octanol–water partition coefficient (Wildman–Crippen LogP) is 3.84. The van der Waals surface area contributed by atoms with Crippen molar-refractivity contribution in [3.8, 4) is 0 Å². The van der Waals surface area contributed by atoms with Crippen molar-refractivity contribution in [2.45, 2.75) is 37.6 Å². The van der Waals surface area contributed by atoms with Crippen LogP contribution >= 0.6 is 0 Å². The maximum Gasteiger partial charge on any atom is 0.419 e. The zero-order valence-corrected chi connectivity index (χ0v) is 18.3. The van der Waals surface area contributed by atoms with E-state index in [1.165, 1.54) is 12.3 Å². The number of pyridine rings is 1. The Balaban J connectivity index is 1.39. The van der Waals surface area contributed by atoms with Crippen molar-refractivity contribution >= 4 is 17.5 Å². The van der Waals surface area contributed by atoms with Gasteiger partial charge in [0, 0.05) is 63.6 Å². The number of hydrogen-bond donors (Lipinski definition) is 2. The number of nitrogens with zero attached hydrogens (tertiary/aromatic N) is 3. The van der Waals surface area contributed by atoms with Gasteiger partial charge in [0.25, 0.3) is 0 Å². The second-order valence-electron chi connectivity index (χ2n) is 8.51. The summed E-state index contributed by atoms with van der Waals surface area (Å²) < 4.78 is 45.4. The molecule has 0 radical (unpaired) electrons. The fraction of sp³-hybridized carbons (Fsp3) is 0.478. The Bertz CT molecular complexity index is 978. The molecule has 2 saturated heterocycles. The van der Waals surface area contributed by atoms with Gasteiger partial charge in [0.15, 0.2) is 0 Å². The molecule has 0 aliphatic carbocycles. The van der Waals surface area contributed by atoms with Crippen molar-refractivity contribution in [1.29, 1.82) is 0 Å². The average molecular weight is 464 g/mol. The van der Waals surface area contributed by atoms with Crippen molar-refractivity contribution < 1.29 is 27.8 Å². The minimum atomic E-state index is -4.49. The van der Waals surface area contributed by atoms with E-state index in [0.717, 1.165) is 11.6 Å². The molecule has 0 spiro atoms. The highest BCUT2D eigenvalue weighted by Crippen LogP contribution is 2.36.